The number of fused-ring (bicyclic) bond motifs is 3. The third kappa shape index (κ3) is 4.89. The van der Waals surface area contributed by atoms with E-state index >= 15 is 0 Å². The first-order chi connectivity index (χ1) is 16.7. The highest BCUT2D eigenvalue weighted by molar-refractivity contribution is 8.00. The molecule has 2 N–H and O–H groups in total. The molecule has 0 spiro atoms. The normalized spacial score (nSPS) is 20.0. The van der Waals surface area contributed by atoms with Gasteiger partial charge in [-0.15, -0.1) is 11.8 Å². The van der Waals surface area contributed by atoms with Crippen LogP contribution in [0.3, 0.4) is 0 Å². The largest absolute Gasteiger partial charge is 0.480 e. The van der Waals surface area contributed by atoms with Gasteiger partial charge < -0.3 is 20.1 Å². The highest BCUT2D eigenvalue weighted by Gasteiger charge is 2.45. The Kier molecular flexibility index (Phi) is 7.40. The van der Waals surface area contributed by atoms with Crippen molar-refractivity contribution in [3.8, 4) is 11.1 Å². The average Bonchev–Trinajstić information content (AvgIpc) is 3.41. The van der Waals surface area contributed by atoms with Crippen molar-refractivity contribution in [1.82, 2.24) is 10.2 Å². The fourth-order valence-electron chi connectivity index (χ4n) is 4.95. The lowest BCUT2D eigenvalue weighted by molar-refractivity contribution is -0.150. The van der Waals surface area contributed by atoms with Crippen molar-refractivity contribution < 1.29 is 24.2 Å². The van der Waals surface area contributed by atoms with E-state index in [9.17, 15) is 19.5 Å². The van der Waals surface area contributed by atoms with Gasteiger partial charge in [-0.1, -0.05) is 76.2 Å². The number of alkyl carbamates (subject to hydrolysis) is 1. The molecule has 2 aliphatic rings. The summed E-state index contributed by atoms with van der Waals surface area (Å²) in [4.78, 5) is 39.6. The van der Waals surface area contributed by atoms with Crippen LogP contribution in [0, 0.1) is 11.8 Å². The Morgan fingerprint density at radius 2 is 1.60 bits per heavy atom. The van der Waals surface area contributed by atoms with E-state index in [2.05, 4.69) is 17.4 Å². The fraction of sp³-hybridized carbons (Fsp3) is 0.444. The van der Waals surface area contributed by atoms with Gasteiger partial charge in [0.05, 0.1) is 5.37 Å². The van der Waals surface area contributed by atoms with Gasteiger partial charge in [-0.05, 0) is 34.1 Å². The topological polar surface area (TPSA) is 95.9 Å². The average molecular weight is 497 g/mol. The van der Waals surface area contributed by atoms with Crippen LogP contribution in [-0.2, 0) is 14.3 Å². The van der Waals surface area contributed by atoms with Crippen LogP contribution in [0.1, 0.15) is 44.7 Å². The number of rotatable bonds is 7. The smallest absolute Gasteiger partial charge is 0.407 e. The Hall–Kier alpha value is -3.00. The van der Waals surface area contributed by atoms with Gasteiger partial charge in [0.1, 0.15) is 18.7 Å². The molecule has 8 heteroatoms. The van der Waals surface area contributed by atoms with Crippen LogP contribution in [-0.4, -0.2) is 57.8 Å². The number of hydrogen-bond acceptors (Lipinski definition) is 5. The highest BCUT2D eigenvalue weighted by Crippen LogP contribution is 2.44. The number of carbonyl (C=O) groups excluding carboxylic acids is 2. The summed E-state index contributed by atoms with van der Waals surface area (Å²) in [7, 11) is 0. The molecule has 1 saturated heterocycles. The van der Waals surface area contributed by atoms with Crippen LogP contribution in [0.15, 0.2) is 48.5 Å². The second-order valence-corrected chi connectivity index (χ2v) is 10.9. The molecule has 2 aromatic carbocycles. The van der Waals surface area contributed by atoms with Gasteiger partial charge in [0.2, 0.25) is 5.91 Å². The summed E-state index contributed by atoms with van der Waals surface area (Å²) in [5.41, 5.74) is 4.49. The predicted octanol–water partition coefficient (Wildman–Crippen LogP) is 4.56. The molecular formula is C27H32N2O5S. The van der Waals surface area contributed by atoms with Crippen LogP contribution in [0.2, 0.25) is 0 Å². The van der Waals surface area contributed by atoms with Crippen molar-refractivity contribution in [2.75, 3.05) is 12.4 Å². The van der Waals surface area contributed by atoms with E-state index in [1.807, 2.05) is 64.1 Å². The second kappa shape index (κ2) is 10.3. The maximum Gasteiger partial charge on any atom is 0.407 e. The molecule has 35 heavy (non-hydrogen) atoms. The number of nitrogens with zero attached hydrogens (tertiary/aromatic N) is 1. The van der Waals surface area contributed by atoms with E-state index in [1.165, 1.54) is 16.7 Å². The standard InChI is InChI=1S/C27H32N2O5S/c1-15(2)23(24(30)29-22(26(31)32)14-35-25(29)16(3)4)28-27(33)34-13-21-19-11-7-5-9-17(19)18-10-6-8-12-20(18)21/h5-12,15-16,21-23,25H,13-14H2,1-4H3,(H,28,33)(H,31,32)/t22?,23-,25?/m1/s1. The van der Waals surface area contributed by atoms with E-state index in [0.29, 0.717) is 5.75 Å². The molecule has 0 radical (unpaired) electrons. The van der Waals surface area contributed by atoms with E-state index in [4.69, 9.17) is 4.74 Å². The summed E-state index contributed by atoms with van der Waals surface area (Å²) < 4.78 is 5.64. The minimum absolute atomic E-state index is 0.0792. The zero-order valence-corrected chi connectivity index (χ0v) is 21.2. The number of amides is 2. The van der Waals surface area contributed by atoms with E-state index in [1.54, 1.807) is 0 Å². The number of nitrogens with one attached hydrogen (secondary N) is 1. The van der Waals surface area contributed by atoms with Gasteiger partial charge >= 0.3 is 12.1 Å². The SMILES string of the molecule is CC(C)C1SCC(C(=O)O)N1C(=O)[C@H](NC(=O)OCC1c2ccccc2-c2ccccc21)C(C)C. The van der Waals surface area contributed by atoms with Crippen molar-refractivity contribution in [2.24, 2.45) is 11.8 Å². The van der Waals surface area contributed by atoms with Gasteiger partial charge in [0.15, 0.2) is 0 Å². The van der Waals surface area contributed by atoms with Crippen LogP contribution in [0.5, 0.6) is 0 Å². The lowest BCUT2D eigenvalue weighted by Crippen LogP contribution is -2.57. The lowest BCUT2D eigenvalue weighted by atomic mass is 9.98. The van der Waals surface area contributed by atoms with Crippen molar-refractivity contribution in [3.05, 3.63) is 59.7 Å². The fourth-order valence-corrected chi connectivity index (χ4v) is 6.43. The molecule has 0 aromatic heterocycles. The number of aliphatic carboxylic acids is 1. The van der Waals surface area contributed by atoms with E-state index < -0.39 is 24.1 Å². The molecule has 1 aliphatic heterocycles. The minimum atomic E-state index is -1.03. The lowest BCUT2D eigenvalue weighted by Gasteiger charge is -2.34. The number of thioether (sulfide) groups is 1. The van der Waals surface area contributed by atoms with Crippen molar-refractivity contribution in [3.63, 3.8) is 0 Å². The van der Waals surface area contributed by atoms with Gasteiger partial charge in [0, 0.05) is 11.7 Å². The Labute approximate surface area is 210 Å². The summed E-state index contributed by atoms with van der Waals surface area (Å²) in [6.45, 7) is 7.73. The van der Waals surface area contributed by atoms with Gasteiger partial charge in [0.25, 0.3) is 0 Å². The summed E-state index contributed by atoms with van der Waals surface area (Å²) in [6, 6.07) is 14.4. The first kappa shape index (κ1) is 25.1. The third-order valence-corrected chi connectivity index (χ3v) is 8.32. The zero-order valence-electron chi connectivity index (χ0n) is 20.4. The summed E-state index contributed by atoms with van der Waals surface area (Å²) in [6.07, 6.45) is -0.682. The molecular weight excluding hydrogens is 464 g/mol. The molecule has 1 fully saturated rings. The number of benzene rings is 2. The molecule has 186 valence electrons. The Bertz CT molecular complexity index is 1070. The number of hydrogen-bond donors (Lipinski definition) is 2. The number of carbonyl (C=O) groups is 3. The monoisotopic (exact) mass is 496 g/mol. The first-order valence-electron chi connectivity index (χ1n) is 12.0. The third-order valence-electron chi connectivity index (χ3n) is 6.69. The first-order valence-corrected chi connectivity index (χ1v) is 13.0. The molecule has 1 aliphatic carbocycles. The molecule has 2 aromatic rings. The summed E-state index contributed by atoms with van der Waals surface area (Å²) >= 11 is 1.47. The van der Waals surface area contributed by atoms with Crippen LogP contribution in [0.25, 0.3) is 11.1 Å². The minimum Gasteiger partial charge on any atom is -0.480 e. The van der Waals surface area contributed by atoms with Gasteiger partial charge in [-0.25, -0.2) is 9.59 Å². The number of ether oxygens (including phenoxy) is 1. The zero-order chi connectivity index (χ0) is 25.3. The van der Waals surface area contributed by atoms with E-state index in [-0.39, 0.29) is 35.6 Å². The number of carboxylic acid groups (broad SMARTS) is 1. The molecule has 7 nitrogen and oxygen atoms in total. The van der Waals surface area contributed by atoms with Crippen LogP contribution >= 0.6 is 11.8 Å². The maximum absolute atomic E-state index is 13.5. The Morgan fingerprint density at radius 1 is 1.03 bits per heavy atom. The van der Waals surface area contributed by atoms with E-state index in [0.717, 1.165) is 22.3 Å². The summed E-state index contributed by atoms with van der Waals surface area (Å²) in [5, 5.41) is 12.2. The van der Waals surface area contributed by atoms with Crippen molar-refractivity contribution in [1.29, 1.82) is 0 Å². The summed E-state index contributed by atoms with van der Waals surface area (Å²) in [5.74, 6) is -1.33. The molecule has 3 atom stereocenters. The molecule has 4 rings (SSSR count). The maximum atomic E-state index is 13.5. The van der Waals surface area contributed by atoms with Crippen LogP contribution < -0.4 is 5.32 Å². The van der Waals surface area contributed by atoms with Crippen molar-refractivity contribution >= 4 is 29.7 Å². The van der Waals surface area contributed by atoms with Crippen LogP contribution in [0.4, 0.5) is 4.79 Å². The molecule has 2 amide bonds. The Morgan fingerprint density at radius 3 is 2.11 bits per heavy atom. The highest BCUT2D eigenvalue weighted by atomic mass is 32.2. The Balaban J connectivity index is 1.47. The predicted molar refractivity (Wildman–Crippen MR) is 136 cm³/mol. The molecule has 1 heterocycles. The second-order valence-electron chi connectivity index (χ2n) is 9.76. The molecule has 0 bridgehead atoms. The van der Waals surface area contributed by atoms with Gasteiger partial charge in [-0.3, -0.25) is 4.79 Å². The quantitative estimate of drug-likeness (QED) is 0.583. The van der Waals surface area contributed by atoms with Gasteiger partial charge in [-0.2, -0.15) is 0 Å². The molecule has 2 unspecified atom stereocenters. The van der Waals surface area contributed by atoms with Crippen molar-refractivity contribution in [2.45, 2.75) is 51.1 Å². The number of carboxylic acids is 1. The molecule has 0 saturated carbocycles.